The van der Waals surface area contributed by atoms with Crippen LogP contribution in [-0.4, -0.2) is 40.3 Å². The molecule has 0 aliphatic rings. The average Bonchev–Trinajstić information content (AvgIpc) is 3.37. The fourth-order valence-corrected chi connectivity index (χ4v) is 3.27. The molecule has 0 spiro atoms. The van der Waals surface area contributed by atoms with Crippen molar-refractivity contribution in [3.05, 3.63) is 54.1 Å². The molecule has 2 aromatic heterocycles. The Balaban J connectivity index is 1.83. The minimum Gasteiger partial charge on any atom is -0.462 e. The Morgan fingerprint density at radius 1 is 1.23 bits per heavy atom. The lowest BCUT2D eigenvalue weighted by atomic mass is 10.1. The molecule has 3 aromatic rings. The van der Waals surface area contributed by atoms with Gasteiger partial charge in [-0.25, -0.2) is 4.79 Å². The van der Waals surface area contributed by atoms with E-state index in [1.807, 2.05) is 26.1 Å². The first kappa shape index (κ1) is 21.3. The van der Waals surface area contributed by atoms with Crippen molar-refractivity contribution in [2.24, 2.45) is 7.05 Å². The van der Waals surface area contributed by atoms with E-state index in [0.29, 0.717) is 19.4 Å². The Bertz CT molecular complexity index is 1070. The Hall–Kier alpha value is -3.42. The van der Waals surface area contributed by atoms with Gasteiger partial charge >= 0.3 is 17.9 Å². The van der Waals surface area contributed by atoms with Gasteiger partial charge in [-0.2, -0.15) is 0 Å². The summed E-state index contributed by atoms with van der Waals surface area (Å²) in [4.78, 5) is 26.0. The van der Waals surface area contributed by atoms with Crippen LogP contribution in [0.3, 0.4) is 0 Å². The van der Waals surface area contributed by atoms with Gasteiger partial charge in [-0.15, -0.1) is 0 Å². The Kier molecular flexibility index (Phi) is 6.66. The lowest BCUT2D eigenvalue weighted by Gasteiger charge is -2.18. The van der Waals surface area contributed by atoms with E-state index >= 15 is 0 Å². The number of rotatable bonds is 9. The molecule has 158 valence electrons. The second-order valence-electron chi connectivity index (χ2n) is 7.06. The lowest BCUT2D eigenvalue weighted by Crippen LogP contribution is -2.33. The zero-order valence-electron chi connectivity index (χ0n) is 17.6. The van der Waals surface area contributed by atoms with Crippen molar-refractivity contribution in [1.82, 2.24) is 14.8 Å². The maximum atomic E-state index is 12.9. The highest BCUT2D eigenvalue weighted by molar-refractivity contribution is 5.92. The molecular weight excluding hydrogens is 384 g/mol. The summed E-state index contributed by atoms with van der Waals surface area (Å²) in [5, 5.41) is 8.73. The van der Waals surface area contributed by atoms with Crippen molar-refractivity contribution in [3.8, 4) is 0 Å². The zero-order chi connectivity index (χ0) is 21.7. The normalized spacial score (nSPS) is 10.9. The molecule has 30 heavy (non-hydrogen) atoms. The summed E-state index contributed by atoms with van der Waals surface area (Å²) in [6.45, 7) is 6.31. The number of ether oxygens (including phenoxy) is 1. The van der Waals surface area contributed by atoms with E-state index in [1.54, 1.807) is 0 Å². The number of aryl methyl sites for hydroxylation is 1. The van der Waals surface area contributed by atoms with Crippen LogP contribution in [-0.2, 0) is 23.0 Å². The van der Waals surface area contributed by atoms with E-state index in [0.717, 1.165) is 28.5 Å². The highest BCUT2D eigenvalue weighted by atomic mass is 16.5. The number of benzene rings is 1. The summed E-state index contributed by atoms with van der Waals surface area (Å²) >= 11 is 0. The fourth-order valence-electron chi connectivity index (χ4n) is 3.27. The summed E-state index contributed by atoms with van der Waals surface area (Å²) in [6, 6.07) is 8.09. The van der Waals surface area contributed by atoms with Gasteiger partial charge in [-0.3, -0.25) is 9.69 Å². The van der Waals surface area contributed by atoms with Crippen molar-refractivity contribution in [3.63, 3.8) is 0 Å². The standard InChI is InChI=1S/C22H26N4O4/c1-5-15(2)10-11-19(27)26(22-24-23-20(30-22)21(28)29-4)13-12-16-14-25(3)18-9-7-6-8-17(16)18/h6-9,14H,2,5,10-13H2,1,3-4H3. The van der Waals surface area contributed by atoms with E-state index in [2.05, 4.69) is 44.4 Å². The maximum absolute atomic E-state index is 12.9. The molecule has 0 unspecified atom stereocenters. The molecule has 3 rings (SSSR count). The van der Waals surface area contributed by atoms with Crippen LogP contribution < -0.4 is 4.90 Å². The lowest BCUT2D eigenvalue weighted by molar-refractivity contribution is -0.118. The number of nitrogens with zero attached hydrogens (tertiary/aromatic N) is 4. The van der Waals surface area contributed by atoms with Gasteiger partial charge in [0.05, 0.1) is 7.11 Å². The van der Waals surface area contributed by atoms with Crippen LogP contribution in [0.1, 0.15) is 42.4 Å². The summed E-state index contributed by atoms with van der Waals surface area (Å²) in [5.41, 5.74) is 3.23. The number of carbonyl (C=O) groups excluding carboxylic acids is 2. The molecule has 8 heteroatoms. The Morgan fingerprint density at radius 2 is 2.00 bits per heavy atom. The minimum absolute atomic E-state index is 0.0113. The first-order valence-corrected chi connectivity index (χ1v) is 9.86. The van der Waals surface area contributed by atoms with Gasteiger partial charge in [-0.05, 0) is 30.9 Å². The third kappa shape index (κ3) is 4.59. The SMILES string of the molecule is C=C(CC)CCC(=O)N(CCc1cn(C)c2ccccc12)c1nnc(C(=O)OC)o1. The number of allylic oxidation sites excluding steroid dienone is 1. The van der Waals surface area contributed by atoms with E-state index in [-0.39, 0.29) is 24.2 Å². The summed E-state index contributed by atoms with van der Waals surface area (Å²) < 4.78 is 12.1. The van der Waals surface area contributed by atoms with Crippen LogP contribution in [0.5, 0.6) is 0 Å². The number of aromatic nitrogens is 3. The molecule has 1 amide bonds. The van der Waals surface area contributed by atoms with Gasteiger partial charge in [0.25, 0.3) is 0 Å². The number of para-hydroxylation sites is 1. The predicted octanol–water partition coefficient (Wildman–Crippen LogP) is 3.67. The molecule has 0 aliphatic carbocycles. The molecular formula is C22H26N4O4. The van der Waals surface area contributed by atoms with Gasteiger partial charge in [0, 0.05) is 37.1 Å². The number of carbonyl (C=O) groups is 2. The molecule has 1 aromatic carbocycles. The van der Waals surface area contributed by atoms with Crippen LogP contribution in [0.2, 0.25) is 0 Å². The smallest absolute Gasteiger partial charge is 0.396 e. The first-order chi connectivity index (χ1) is 14.4. The molecule has 0 atom stereocenters. The van der Waals surface area contributed by atoms with Crippen LogP contribution in [0.25, 0.3) is 10.9 Å². The number of fused-ring (bicyclic) bond motifs is 1. The number of anilines is 1. The average molecular weight is 410 g/mol. The highest BCUT2D eigenvalue weighted by Crippen LogP contribution is 2.23. The number of hydrogen-bond donors (Lipinski definition) is 0. The molecule has 0 N–H and O–H groups in total. The largest absolute Gasteiger partial charge is 0.462 e. The molecule has 2 heterocycles. The third-order valence-electron chi connectivity index (χ3n) is 5.08. The molecule has 0 bridgehead atoms. The predicted molar refractivity (Wildman–Crippen MR) is 113 cm³/mol. The highest BCUT2D eigenvalue weighted by Gasteiger charge is 2.24. The van der Waals surface area contributed by atoms with Crippen LogP contribution in [0, 0.1) is 0 Å². The van der Waals surface area contributed by atoms with Crippen molar-refractivity contribution in [2.75, 3.05) is 18.6 Å². The minimum atomic E-state index is -0.741. The van der Waals surface area contributed by atoms with E-state index in [1.165, 1.54) is 12.0 Å². The molecule has 0 radical (unpaired) electrons. The van der Waals surface area contributed by atoms with Gasteiger partial charge < -0.3 is 13.7 Å². The van der Waals surface area contributed by atoms with E-state index < -0.39 is 5.97 Å². The summed E-state index contributed by atoms with van der Waals surface area (Å²) in [7, 11) is 3.22. The summed E-state index contributed by atoms with van der Waals surface area (Å²) in [5.74, 6) is -1.19. The van der Waals surface area contributed by atoms with Gasteiger partial charge in [0.15, 0.2) is 0 Å². The van der Waals surface area contributed by atoms with Gasteiger partial charge in [0.1, 0.15) is 0 Å². The Morgan fingerprint density at radius 3 is 2.73 bits per heavy atom. The van der Waals surface area contributed by atoms with Crippen LogP contribution >= 0.6 is 0 Å². The number of amides is 1. The zero-order valence-corrected chi connectivity index (χ0v) is 17.6. The van der Waals surface area contributed by atoms with E-state index in [9.17, 15) is 9.59 Å². The van der Waals surface area contributed by atoms with Crippen molar-refractivity contribution in [1.29, 1.82) is 0 Å². The van der Waals surface area contributed by atoms with Crippen LogP contribution in [0.15, 0.2) is 47.0 Å². The quantitative estimate of drug-likeness (QED) is 0.395. The number of methoxy groups -OCH3 is 1. The Labute approximate surface area is 175 Å². The van der Waals surface area contributed by atoms with Crippen molar-refractivity contribution in [2.45, 2.75) is 32.6 Å². The molecule has 0 fully saturated rings. The van der Waals surface area contributed by atoms with Crippen LogP contribution in [0.4, 0.5) is 6.01 Å². The number of hydrogen-bond acceptors (Lipinski definition) is 6. The monoisotopic (exact) mass is 410 g/mol. The second-order valence-corrected chi connectivity index (χ2v) is 7.06. The maximum Gasteiger partial charge on any atom is 0.396 e. The second kappa shape index (κ2) is 9.39. The van der Waals surface area contributed by atoms with E-state index in [4.69, 9.17) is 4.42 Å². The molecule has 0 aliphatic heterocycles. The topological polar surface area (TPSA) is 90.5 Å². The number of esters is 1. The fraction of sp³-hybridized carbons (Fsp3) is 0.364. The molecule has 0 saturated heterocycles. The van der Waals surface area contributed by atoms with Crippen molar-refractivity contribution >= 4 is 28.8 Å². The molecule has 8 nitrogen and oxygen atoms in total. The first-order valence-electron chi connectivity index (χ1n) is 9.86. The third-order valence-corrected chi connectivity index (χ3v) is 5.08. The van der Waals surface area contributed by atoms with Gasteiger partial charge in [-0.1, -0.05) is 47.5 Å². The van der Waals surface area contributed by atoms with Gasteiger partial charge in [0.2, 0.25) is 5.91 Å². The van der Waals surface area contributed by atoms with Crippen molar-refractivity contribution < 1.29 is 18.7 Å². The summed E-state index contributed by atoms with van der Waals surface area (Å²) in [6.07, 6.45) is 4.32. The molecule has 0 saturated carbocycles.